The van der Waals surface area contributed by atoms with Crippen molar-refractivity contribution in [2.24, 2.45) is 5.92 Å². The first-order valence-electron chi connectivity index (χ1n) is 16.1. The largest absolute Gasteiger partial charge is 0.479 e. The number of carbonyl (C=O) groups excluding carboxylic acids is 1. The molecule has 3 aromatic rings. The van der Waals surface area contributed by atoms with Crippen LogP contribution in [0.5, 0.6) is 0 Å². The summed E-state index contributed by atoms with van der Waals surface area (Å²) < 4.78 is 35.7. The van der Waals surface area contributed by atoms with Crippen molar-refractivity contribution in [2.45, 2.75) is 88.8 Å². The first-order valence-corrected chi connectivity index (χ1v) is 17.5. The Morgan fingerprint density at radius 2 is 1.68 bits per heavy atom. The molecule has 2 aromatic carbocycles. The lowest BCUT2D eigenvalue weighted by atomic mass is 9.92. The molecule has 254 valence electrons. The molecule has 0 radical (unpaired) electrons. The molecule has 14 heteroatoms. The molecule has 0 saturated carbocycles. The number of hydrogen-bond acceptors (Lipinski definition) is 9. The number of hydrogen-bond donors (Lipinski definition) is 2. The van der Waals surface area contributed by atoms with E-state index in [2.05, 4.69) is 20.8 Å². The summed E-state index contributed by atoms with van der Waals surface area (Å²) in [5.74, 6) is -0.665. The van der Waals surface area contributed by atoms with E-state index in [-0.39, 0.29) is 23.7 Å². The minimum atomic E-state index is -3.88. The monoisotopic (exact) mass is 667 g/mol. The van der Waals surface area contributed by atoms with Crippen molar-refractivity contribution < 1.29 is 27.9 Å². The molecule has 13 nitrogen and oxygen atoms in total. The van der Waals surface area contributed by atoms with E-state index in [4.69, 9.17) is 4.74 Å². The van der Waals surface area contributed by atoms with Gasteiger partial charge >= 0.3 is 12.1 Å². The maximum Gasteiger partial charge on any atom is 0.414 e. The van der Waals surface area contributed by atoms with E-state index in [0.717, 1.165) is 31.5 Å². The average Bonchev–Trinajstić information content (AvgIpc) is 3.71. The van der Waals surface area contributed by atoms with Crippen LogP contribution < -0.4 is 10.2 Å². The van der Waals surface area contributed by atoms with Crippen LogP contribution in [-0.4, -0.2) is 81.9 Å². The number of carbonyl (C=O) groups is 2. The molecule has 2 saturated heterocycles. The van der Waals surface area contributed by atoms with Gasteiger partial charge < -0.3 is 15.2 Å². The SMILES string of the molecule is Cc1ccc(S(=O)(=O)N2CCCC2c2nnnn2[C@@](C)(Cc2ccc(N(CC3CCNCC3)C(=O)OC(C)(C)C)cc2)C(=O)O)cc1. The molecule has 0 bridgehead atoms. The number of carboxylic acids is 1. The zero-order chi connectivity index (χ0) is 34.0. The Labute approximate surface area is 276 Å². The number of carboxylic acid groups (broad SMARTS) is 1. The number of nitrogens with zero attached hydrogens (tertiary/aromatic N) is 6. The van der Waals surface area contributed by atoms with Crippen LogP contribution in [0.3, 0.4) is 0 Å². The third-order valence-electron chi connectivity index (χ3n) is 8.86. The number of sulfonamides is 1. The number of amides is 1. The van der Waals surface area contributed by atoms with Gasteiger partial charge in [0.1, 0.15) is 5.60 Å². The number of rotatable bonds is 10. The maximum atomic E-state index is 13.7. The van der Waals surface area contributed by atoms with Gasteiger partial charge in [-0.1, -0.05) is 29.8 Å². The molecule has 2 aliphatic heterocycles. The number of benzene rings is 2. The van der Waals surface area contributed by atoms with Crippen LogP contribution in [0.4, 0.5) is 10.5 Å². The predicted molar refractivity (Wildman–Crippen MR) is 175 cm³/mol. The molecule has 2 atom stereocenters. The fourth-order valence-electron chi connectivity index (χ4n) is 6.24. The van der Waals surface area contributed by atoms with Gasteiger partial charge in [0.2, 0.25) is 10.0 Å². The van der Waals surface area contributed by atoms with Gasteiger partial charge in [0.25, 0.3) is 0 Å². The second-order valence-electron chi connectivity index (χ2n) is 13.7. The fraction of sp³-hybridized carbons (Fsp3) is 0.545. The molecule has 0 aliphatic carbocycles. The fourth-order valence-corrected chi connectivity index (χ4v) is 7.90. The standard InChI is InChI=1S/C33H45N7O6S/c1-23-8-14-27(15-9-23)47(44,45)39-20-6-7-28(39)29-35-36-37-40(29)33(5,30(41)42)21-24-10-12-26(13-11-24)38(31(43)46-32(2,3)4)22-25-16-18-34-19-17-25/h8-15,25,28,34H,6-7,16-22H2,1-5H3,(H,41,42)/t28?,33-/m0/s1. The van der Waals surface area contributed by atoms with Crippen molar-refractivity contribution in [1.82, 2.24) is 29.8 Å². The summed E-state index contributed by atoms with van der Waals surface area (Å²) >= 11 is 0. The molecule has 3 heterocycles. The first kappa shape index (κ1) is 34.5. The van der Waals surface area contributed by atoms with Gasteiger partial charge in [0.15, 0.2) is 11.4 Å². The summed E-state index contributed by atoms with van der Waals surface area (Å²) in [6, 6.07) is 13.1. The van der Waals surface area contributed by atoms with Crippen molar-refractivity contribution in [3.8, 4) is 0 Å². The predicted octanol–water partition coefficient (Wildman–Crippen LogP) is 4.29. The lowest BCUT2D eigenvalue weighted by molar-refractivity contribution is -0.147. The third-order valence-corrected chi connectivity index (χ3v) is 10.8. The first-order chi connectivity index (χ1) is 22.2. The smallest absolute Gasteiger partial charge is 0.414 e. The molecule has 2 aliphatic rings. The average molecular weight is 668 g/mol. The highest BCUT2D eigenvalue weighted by Crippen LogP contribution is 2.37. The third kappa shape index (κ3) is 7.65. The molecule has 2 N–H and O–H groups in total. The van der Waals surface area contributed by atoms with Gasteiger partial charge in [-0.25, -0.2) is 22.7 Å². The van der Waals surface area contributed by atoms with Crippen LogP contribution in [-0.2, 0) is 31.5 Å². The van der Waals surface area contributed by atoms with Crippen LogP contribution in [0.15, 0.2) is 53.4 Å². The minimum Gasteiger partial charge on any atom is -0.479 e. The number of aryl methyl sites for hydroxylation is 1. The molecule has 5 rings (SSSR count). The minimum absolute atomic E-state index is 0.0127. The normalized spacial score (nSPS) is 19.3. The van der Waals surface area contributed by atoms with Crippen molar-refractivity contribution in [3.05, 3.63) is 65.5 Å². The van der Waals surface area contributed by atoms with E-state index in [1.165, 1.54) is 15.9 Å². The highest BCUT2D eigenvalue weighted by molar-refractivity contribution is 7.89. The Kier molecular flexibility index (Phi) is 10.0. The highest BCUT2D eigenvalue weighted by atomic mass is 32.2. The Hall–Kier alpha value is -3.88. The van der Waals surface area contributed by atoms with Crippen LogP contribution in [0.2, 0.25) is 0 Å². The molecule has 1 amide bonds. The van der Waals surface area contributed by atoms with Gasteiger partial charge in [-0.05, 0) is 120 Å². The second kappa shape index (κ2) is 13.7. The van der Waals surface area contributed by atoms with Crippen molar-refractivity contribution in [1.29, 1.82) is 0 Å². The van der Waals surface area contributed by atoms with Crippen molar-refractivity contribution in [3.63, 3.8) is 0 Å². The number of nitrogens with one attached hydrogen (secondary N) is 1. The zero-order valence-corrected chi connectivity index (χ0v) is 28.5. The van der Waals surface area contributed by atoms with Crippen molar-refractivity contribution >= 4 is 27.8 Å². The van der Waals surface area contributed by atoms with Gasteiger partial charge in [0.05, 0.1) is 10.9 Å². The quantitative estimate of drug-likeness (QED) is 0.319. The van der Waals surface area contributed by atoms with E-state index in [0.29, 0.717) is 36.6 Å². The Bertz CT molecular complexity index is 1660. The lowest BCUT2D eigenvalue weighted by Crippen LogP contribution is -2.44. The van der Waals surface area contributed by atoms with E-state index in [1.54, 1.807) is 53.4 Å². The van der Waals surface area contributed by atoms with Crippen molar-refractivity contribution in [2.75, 3.05) is 31.1 Å². The van der Waals surface area contributed by atoms with Crippen LogP contribution in [0.1, 0.15) is 76.4 Å². The Balaban J connectivity index is 1.41. The zero-order valence-electron chi connectivity index (χ0n) is 27.7. The van der Waals surface area contributed by atoms with Gasteiger partial charge in [-0.15, -0.1) is 5.10 Å². The molecule has 1 aromatic heterocycles. The number of anilines is 1. The molecule has 47 heavy (non-hydrogen) atoms. The van der Waals surface area contributed by atoms with E-state index in [1.807, 2.05) is 27.7 Å². The van der Waals surface area contributed by atoms with E-state index in [9.17, 15) is 23.1 Å². The molecular formula is C33H45N7O6S. The molecular weight excluding hydrogens is 622 g/mol. The number of aliphatic carboxylic acids is 1. The van der Waals surface area contributed by atoms with Crippen LogP contribution in [0.25, 0.3) is 0 Å². The van der Waals surface area contributed by atoms with E-state index < -0.39 is 39.3 Å². The summed E-state index contributed by atoms with van der Waals surface area (Å²) in [6.07, 6.45) is 2.52. The van der Waals surface area contributed by atoms with Gasteiger partial charge in [-0.2, -0.15) is 4.31 Å². The topological polar surface area (TPSA) is 160 Å². The lowest BCUT2D eigenvalue weighted by Gasteiger charge is -2.32. The summed E-state index contributed by atoms with van der Waals surface area (Å²) in [5, 5.41) is 26.0. The number of piperidine rings is 1. The Morgan fingerprint density at radius 1 is 1.02 bits per heavy atom. The van der Waals surface area contributed by atoms with Crippen LogP contribution in [0, 0.1) is 12.8 Å². The van der Waals surface area contributed by atoms with Crippen LogP contribution >= 0.6 is 0 Å². The highest BCUT2D eigenvalue weighted by Gasteiger charge is 2.45. The Morgan fingerprint density at radius 3 is 2.30 bits per heavy atom. The molecule has 2 fully saturated rings. The molecule has 0 spiro atoms. The van der Waals surface area contributed by atoms with Gasteiger partial charge in [0, 0.05) is 25.2 Å². The molecule has 1 unspecified atom stereocenters. The number of aromatic nitrogens is 4. The maximum absolute atomic E-state index is 13.7. The summed E-state index contributed by atoms with van der Waals surface area (Å²) in [4.78, 5) is 28.0. The second-order valence-corrected chi connectivity index (χ2v) is 15.6. The summed E-state index contributed by atoms with van der Waals surface area (Å²) in [5.41, 5.74) is -0.0195. The number of tetrazole rings is 1. The van der Waals surface area contributed by atoms with E-state index >= 15 is 0 Å². The van der Waals surface area contributed by atoms with Gasteiger partial charge in [-0.3, -0.25) is 4.90 Å². The summed E-state index contributed by atoms with van der Waals surface area (Å²) in [6.45, 7) is 11.5. The number of ether oxygens (including phenoxy) is 1. The summed E-state index contributed by atoms with van der Waals surface area (Å²) in [7, 11) is -3.88.